The highest BCUT2D eigenvalue weighted by molar-refractivity contribution is 8.18. The van der Waals surface area contributed by atoms with E-state index in [0.29, 0.717) is 4.91 Å². The Morgan fingerprint density at radius 2 is 1.86 bits per heavy atom. The average molecular weight is 327 g/mol. The second-order valence-electron chi connectivity index (χ2n) is 4.61. The number of amides is 2. The molecule has 0 aromatic heterocycles. The van der Waals surface area contributed by atoms with Gasteiger partial charge in [-0.15, -0.1) is 0 Å². The maximum absolute atomic E-state index is 12.0. The highest BCUT2D eigenvalue weighted by Gasteiger charge is 2.34. The molecule has 114 valence electrons. The summed E-state index contributed by atoms with van der Waals surface area (Å²) >= 11 is 0.960. The number of hydrogen-bond donors (Lipinski definition) is 1. The minimum Gasteiger partial charge on any atom is -1.00 e. The fraction of sp³-hybridized carbons (Fsp3) is 0.286. The van der Waals surface area contributed by atoms with E-state index in [0.717, 1.165) is 23.0 Å². The van der Waals surface area contributed by atoms with Gasteiger partial charge in [-0.05, 0) is 35.5 Å². The normalized spacial score (nSPS) is 16.3. The highest BCUT2D eigenvalue weighted by atomic mass is 35.5. The van der Waals surface area contributed by atoms with Crippen molar-refractivity contribution in [2.24, 2.45) is 5.73 Å². The van der Waals surface area contributed by atoms with E-state index in [1.165, 1.54) is 4.90 Å². The van der Waals surface area contributed by atoms with Crippen molar-refractivity contribution in [2.45, 2.75) is 0 Å². The first-order valence-corrected chi connectivity index (χ1v) is 7.07. The molecule has 1 aromatic carbocycles. The molecule has 0 aliphatic carbocycles. The molecule has 2 rings (SSSR count). The second-order valence-corrected chi connectivity index (χ2v) is 5.60. The van der Waals surface area contributed by atoms with Crippen molar-refractivity contribution < 1.29 is 22.0 Å². The lowest BCUT2D eigenvalue weighted by Gasteiger charge is -2.12. The average Bonchev–Trinajstić information content (AvgIpc) is 2.67. The summed E-state index contributed by atoms with van der Waals surface area (Å²) in [5.74, 6) is -0.262. The van der Waals surface area contributed by atoms with Gasteiger partial charge in [0.25, 0.3) is 11.1 Å². The molecule has 0 saturated carbocycles. The summed E-state index contributed by atoms with van der Waals surface area (Å²) in [6, 6.07) is 7.78. The lowest BCUT2D eigenvalue weighted by Crippen LogP contribution is -3.00. The fourth-order valence-electron chi connectivity index (χ4n) is 1.84. The SMILES string of the molecule is CN(C)c1ccc(/C=C2\SC(=O)N(CCN)C2=O)cc1.[Cl-]. The van der Waals surface area contributed by atoms with Gasteiger partial charge in [0.05, 0.1) is 4.91 Å². The van der Waals surface area contributed by atoms with Gasteiger partial charge in [0.1, 0.15) is 0 Å². The second kappa shape index (κ2) is 7.49. The molecule has 0 spiro atoms. The lowest BCUT2D eigenvalue weighted by molar-refractivity contribution is -0.122. The number of rotatable bonds is 4. The van der Waals surface area contributed by atoms with Crippen LogP contribution < -0.4 is 23.0 Å². The number of nitrogens with two attached hydrogens (primary N) is 1. The van der Waals surface area contributed by atoms with Crippen LogP contribution >= 0.6 is 11.8 Å². The predicted molar refractivity (Wildman–Crippen MR) is 82.5 cm³/mol. The minimum absolute atomic E-state index is 0. The molecule has 0 unspecified atom stereocenters. The van der Waals surface area contributed by atoms with E-state index in [-0.39, 0.29) is 36.6 Å². The molecule has 21 heavy (non-hydrogen) atoms. The quantitative estimate of drug-likeness (QED) is 0.701. The van der Waals surface area contributed by atoms with Crippen molar-refractivity contribution in [2.75, 3.05) is 32.1 Å². The molecule has 2 amide bonds. The molecule has 1 saturated heterocycles. The largest absolute Gasteiger partial charge is 1.00 e. The van der Waals surface area contributed by atoms with Gasteiger partial charge in [0.2, 0.25) is 0 Å². The Bertz CT molecular complexity index is 558. The standard InChI is InChI=1S/C14H17N3O2S.ClH/c1-16(2)11-5-3-10(4-6-11)9-12-13(18)17(8-7-15)14(19)20-12;/h3-6,9H,7-8,15H2,1-2H3;1H/p-1/b12-9-;. The number of carbonyl (C=O) groups excluding carboxylic acids is 2. The Morgan fingerprint density at radius 3 is 2.38 bits per heavy atom. The number of nitrogens with zero attached hydrogens (tertiary/aromatic N) is 2. The van der Waals surface area contributed by atoms with Crippen molar-refractivity contribution in [3.8, 4) is 0 Å². The van der Waals surface area contributed by atoms with Crippen LogP contribution in [0.4, 0.5) is 10.5 Å². The van der Waals surface area contributed by atoms with E-state index in [4.69, 9.17) is 5.73 Å². The van der Waals surface area contributed by atoms with Gasteiger partial charge < -0.3 is 23.0 Å². The van der Waals surface area contributed by atoms with Crippen molar-refractivity contribution in [3.63, 3.8) is 0 Å². The highest BCUT2D eigenvalue weighted by Crippen LogP contribution is 2.32. The van der Waals surface area contributed by atoms with Gasteiger partial charge in [-0.2, -0.15) is 0 Å². The fourth-order valence-corrected chi connectivity index (χ4v) is 2.71. The molecule has 2 N–H and O–H groups in total. The lowest BCUT2D eigenvalue weighted by atomic mass is 10.2. The molecular weight excluding hydrogens is 310 g/mol. The summed E-state index contributed by atoms with van der Waals surface area (Å²) in [5, 5.41) is -0.253. The first-order chi connectivity index (χ1) is 9.52. The number of hydrogen-bond acceptors (Lipinski definition) is 5. The van der Waals surface area contributed by atoms with Gasteiger partial charge in [-0.1, -0.05) is 12.1 Å². The van der Waals surface area contributed by atoms with Crippen molar-refractivity contribution in [1.82, 2.24) is 4.90 Å². The van der Waals surface area contributed by atoms with Gasteiger partial charge in [-0.3, -0.25) is 14.5 Å². The minimum atomic E-state index is -0.262. The van der Waals surface area contributed by atoms with Crippen LogP contribution in [0.1, 0.15) is 5.56 Å². The topological polar surface area (TPSA) is 66.6 Å². The molecular formula is C14H17ClN3O2S-. The van der Waals surface area contributed by atoms with Gasteiger partial charge >= 0.3 is 0 Å². The number of benzene rings is 1. The van der Waals surface area contributed by atoms with Gasteiger partial charge in [-0.25, -0.2) is 0 Å². The van der Waals surface area contributed by atoms with Crippen LogP contribution in [0.5, 0.6) is 0 Å². The molecule has 1 heterocycles. The van der Waals surface area contributed by atoms with Crippen molar-refractivity contribution in [3.05, 3.63) is 34.7 Å². The Kier molecular flexibility index (Phi) is 6.26. The first kappa shape index (κ1) is 17.6. The van der Waals surface area contributed by atoms with E-state index < -0.39 is 0 Å². The number of imide groups is 1. The maximum Gasteiger partial charge on any atom is 0.293 e. The monoisotopic (exact) mass is 326 g/mol. The molecule has 0 radical (unpaired) electrons. The Morgan fingerprint density at radius 1 is 1.24 bits per heavy atom. The first-order valence-electron chi connectivity index (χ1n) is 6.25. The Labute approximate surface area is 134 Å². The number of halogens is 1. The van der Waals surface area contributed by atoms with Crippen molar-refractivity contribution in [1.29, 1.82) is 0 Å². The molecule has 1 fully saturated rings. The summed E-state index contributed by atoms with van der Waals surface area (Å²) < 4.78 is 0. The Hall–Kier alpha value is -1.50. The number of carbonyl (C=O) groups is 2. The van der Waals surface area contributed by atoms with Crippen LogP contribution in [0.2, 0.25) is 0 Å². The van der Waals surface area contributed by atoms with Crippen LogP contribution in [0, 0.1) is 0 Å². The predicted octanol–water partition coefficient (Wildman–Crippen LogP) is -1.25. The summed E-state index contributed by atoms with van der Waals surface area (Å²) in [5.41, 5.74) is 7.38. The molecule has 1 aliphatic rings. The molecule has 1 aromatic rings. The van der Waals surface area contributed by atoms with Crippen LogP contribution in [-0.4, -0.2) is 43.2 Å². The molecule has 7 heteroatoms. The van der Waals surface area contributed by atoms with Crippen LogP contribution in [0.25, 0.3) is 6.08 Å². The Balaban J connectivity index is 0.00000220. The number of thioether (sulfide) groups is 1. The zero-order valence-electron chi connectivity index (χ0n) is 11.9. The summed E-state index contributed by atoms with van der Waals surface area (Å²) in [6.45, 7) is 0.546. The van der Waals surface area contributed by atoms with E-state index in [1.807, 2.05) is 43.3 Å². The molecule has 1 aliphatic heterocycles. The van der Waals surface area contributed by atoms with Crippen LogP contribution in [-0.2, 0) is 4.79 Å². The molecule has 0 atom stereocenters. The van der Waals surface area contributed by atoms with Gasteiger partial charge in [0.15, 0.2) is 0 Å². The zero-order valence-corrected chi connectivity index (χ0v) is 13.4. The van der Waals surface area contributed by atoms with E-state index in [9.17, 15) is 9.59 Å². The zero-order chi connectivity index (χ0) is 14.7. The number of anilines is 1. The van der Waals surface area contributed by atoms with Crippen LogP contribution in [0.3, 0.4) is 0 Å². The third-order valence-electron chi connectivity index (χ3n) is 2.93. The van der Waals surface area contributed by atoms with Gasteiger partial charge in [0, 0.05) is 32.9 Å². The third-order valence-corrected chi connectivity index (χ3v) is 3.84. The molecule has 0 bridgehead atoms. The summed E-state index contributed by atoms with van der Waals surface area (Å²) in [6.07, 6.45) is 1.74. The van der Waals surface area contributed by atoms with Crippen LogP contribution in [0.15, 0.2) is 29.2 Å². The maximum atomic E-state index is 12.0. The van der Waals surface area contributed by atoms with E-state index in [2.05, 4.69) is 0 Å². The smallest absolute Gasteiger partial charge is 0.293 e. The summed E-state index contributed by atoms with van der Waals surface area (Å²) in [7, 11) is 3.93. The van der Waals surface area contributed by atoms with E-state index in [1.54, 1.807) is 6.08 Å². The molecule has 5 nitrogen and oxygen atoms in total. The van der Waals surface area contributed by atoms with E-state index >= 15 is 0 Å². The summed E-state index contributed by atoms with van der Waals surface area (Å²) in [4.78, 5) is 27.4. The van der Waals surface area contributed by atoms with Crippen molar-refractivity contribution >= 4 is 34.7 Å². The third kappa shape index (κ3) is 4.00.